The molecule has 1 fully saturated rings. The van der Waals surface area contributed by atoms with Crippen LogP contribution in [0.2, 0.25) is 0 Å². The van der Waals surface area contributed by atoms with Crippen LogP contribution in [0.4, 0.5) is 0 Å². The van der Waals surface area contributed by atoms with Gasteiger partial charge in [0.05, 0.1) is 0 Å². The van der Waals surface area contributed by atoms with Crippen molar-refractivity contribution >= 4 is 11.8 Å². The third-order valence-corrected chi connectivity index (χ3v) is 4.68. The monoisotopic (exact) mass is 318 g/mol. The number of likely N-dealkylation sites (tertiary alicyclic amines) is 1. The van der Waals surface area contributed by atoms with Gasteiger partial charge in [0.25, 0.3) is 5.91 Å². The van der Waals surface area contributed by atoms with E-state index in [0.717, 1.165) is 16.9 Å². The number of nitrogens with two attached hydrogens (primary N) is 1. The van der Waals surface area contributed by atoms with Gasteiger partial charge in [-0.1, -0.05) is 19.1 Å². The molecule has 2 rings (SSSR count). The molecule has 0 bridgehead atoms. The SMILES string of the molecule is CC[C@@H](Oc1cccc(C)c1C)C(=O)N1CCC(C(N)=O)CC1. The maximum absolute atomic E-state index is 12.7. The lowest BCUT2D eigenvalue weighted by Crippen LogP contribution is -2.47. The molecule has 1 saturated heterocycles. The van der Waals surface area contributed by atoms with E-state index in [-0.39, 0.29) is 17.7 Å². The highest BCUT2D eigenvalue weighted by Crippen LogP contribution is 2.24. The van der Waals surface area contributed by atoms with E-state index in [1.807, 2.05) is 39.0 Å². The third kappa shape index (κ3) is 4.03. The Hall–Kier alpha value is -2.04. The first-order valence-corrected chi connectivity index (χ1v) is 8.25. The van der Waals surface area contributed by atoms with Gasteiger partial charge in [0, 0.05) is 19.0 Å². The lowest BCUT2D eigenvalue weighted by Gasteiger charge is -2.33. The second-order valence-electron chi connectivity index (χ2n) is 6.21. The second kappa shape index (κ2) is 7.49. The highest BCUT2D eigenvalue weighted by Gasteiger charge is 2.30. The Labute approximate surface area is 137 Å². The summed E-state index contributed by atoms with van der Waals surface area (Å²) < 4.78 is 5.98. The quantitative estimate of drug-likeness (QED) is 0.904. The van der Waals surface area contributed by atoms with Crippen molar-refractivity contribution in [3.8, 4) is 5.75 Å². The van der Waals surface area contributed by atoms with E-state index in [2.05, 4.69) is 0 Å². The van der Waals surface area contributed by atoms with Gasteiger partial charge in [0.1, 0.15) is 5.75 Å². The van der Waals surface area contributed by atoms with E-state index >= 15 is 0 Å². The fourth-order valence-corrected chi connectivity index (χ4v) is 2.90. The number of nitrogens with zero attached hydrogens (tertiary/aromatic N) is 1. The molecule has 1 aliphatic rings. The van der Waals surface area contributed by atoms with Gasteiger partial charge in [-0.05, 0) is 50.3 Å². The van der Waals surface area contributed by atoms with Crippen LogP contribution in [-0.2, 0) is 9.59 Å². The number of rotatable bonds is 5. The first-order valence-electron chi connectivity index (χ1n) is 8.25. The molecule has 0 aromatic heterocycles. The summed E-state index contributed by atoms with van der Waals surface area (Å²) in [5.41, 5.74) is 7.55. The van der Waals surface area contributed by atoms with Crippen LogP contribution in [0.3, 0.4) is 0 Å². The van der Waals surface area contributed by atoms with Gasteiger partial charge in [-0.15, -0.1) is 0 Å². The summed E-state index contributed by atoms with van der Waals surface area (Å²) in [4.78, 5) is 25.7. The van der Waals surface area contributed by atoms with E-state index in [9.17, 15) is 9.59 Å². The summed E-state index contributed by atoms with van der Waals surface area (Å²) in [6.07, 6.45) is 1.41. The molecule has 0 spiro atoms. The van der Waals surface area contributed by atoms with E-state index in [1.165, 1.54) is 0 Å². The molecule has 5 heteroatoms. The number of hydrogen-bond donors (Lipinski definition) is 1. The largest absolute Gasteiger partial charge is 0.480 e. The highest BCUT2D eigenvalue weighted by molar-refractivity contribution is 5.82. The molecule has 1 aromatic rings. The molecule has 2 amide bonds. The minimum atomic E-state index is -0.486. The van der Waals surface area contributed by atoms with E-state index < -0.39 is 6.10 Å². The number of benzene rings is 1. The number of amides is 2. The Morgan fingerprint density at radius 2 is 1.96 bits per heavy atom. The number of primary amides is 1. The summed E-state index contributed by atoms with van der Waals surface area (Å²) in [6, 6.07) is 5.87. The molecule has 1 aromatic carbocycles. The Kier molecular flexibility index (Phi) is 5.64. The van der Waals surface area contributed by atoms with Crippen molar-refractivity contribution in [2.24, 2.45) is 11.7 Å². The van der Waals surface area contributed by atoms with Crippen molar-refractivity contribution in [2.45, 2.75) is 46.1 Å². The van der Waals surface area contributed by atoms with Crippen molar-refractivity contribution in [3.63, 3.8) is 0 Å². The zero-order valence-electron chi connectivity index (χ0n) is 14.2. The van der Waals surface area contributed by atoms with Crippen molar-refractivity contribution < 1.29 is 14.3 Å². The van der Waals surface area contributed by atoms with Crippen LogP contribution >= 0.6 is 0 Å². The summed E-state index contributed by atoms with van der Waals surface area (Å²) >= 11 is 0. The Morgan fingerprint density at radius 3 is 2.52 bits per heavy atom. The molecule has 2 N–H and O–H groups in total. The highest BCUT2D eigenvalue weighted by atomic mass is 16.5. The number of hydrogen-bond acceptors (Lipinski definition) is 3. The third-order valence-electron chi connectivity index (χ3n) is 4.68. The van der Waals surface area contributed by atoms with Gasteiger partial charge >= 0.3 is 0 Å². The van der Waals surface area contributed by atoms with E-state index in [1.54, 1.807) is 4.90 Å². The summed E-state index contributed by atoms with van der Waals surface area (Å²) in [6.45, 7) is 7.11. The van der Waals surface area contributed by atoms with Gasteiger partial charge in [-0.25, -0.2) is 0 Å². The van der Waals surface area contributed by atoms with Crippen LogP contribution in [0.25, 0.3) is 0 Å². The summed E-state index contributed by atoms with van der Waals surface area (Å²) in [7, 11) is 0. The molecule has 1 atom stereocenters. The topological polar surface area (TPSA) is 72.6 Å². The number of aryl methyl sites for hydroxylation is 1. The molecule has 5 nitrogen and oxygen atoms in total. The number of carbonyl (C=O) groups excluding carboxylic acids is 2. The Morgan fingerprint density at radius 1 is 1.30 bits per heavy atom. The molecule has 23 heavy (non-hydrogen) atoms. The van der Waals surface area contributed by atoms with E-state index in [4.69, 9.17) is 10.5 Å². The fraction of sp³-hybridized carbons (Fsp3) is 0.556. The van der Waals surface area contributed by atoms with Gasteiger partial charge in [0.15, 0.2) is 6.10 Å². The van der Waals surface area contributed by atoms with Crippen LogP contribution in [0.1, 0.15) is 37.3 Å². The zero-order valence-corrected chi connectivity index (χ0v) is 14.2. The van der Waals surface area contributed by atoms with Gasteiger partial charge in [-0.3, -0.25) is 9.59 Å². The molecule has 126 valence electrons. The predicted octanol–water partition coefficient (Wildman–Crippen LogP) is 2.18. The van der Waals surface area contributed by atoms with Crippen molar-refractivity contribution in [1.29, 1.82) is 0 Å². The van der Waals surface area contributed by atoms with Crippen molar-refractivity contribution in [3.05, 3.63) is 29.3 Å². The first kappa shape index (κ1) is 17.3. The normalized spacial score (nSPS) is 16.9. The Bertz CT molecular complexity index is 578. The first-order chi connectivity index (χ1) is 10.9. The molecular weight excluding hydrogens is 292 g/mol. The van der Waals surface area contributed by atoms with E-state index in [0.29, 0.717) is 32.4 Å². The molecule has 0 unspecified atom stereocenters. The average Bonchev–Trinajstić information content (AvgIpc) is 2.55. The summed E-state index contributed by atoms with van der Waals surface area (Å²) in [5.74, 6) is 0.378. The molecule has 0 aliphatic carbocycles. The van der Waals surface area contributed by atoms with Crippen molar-refractivity contribution in [2.75, 3.05) is 13.1 Å². The molecular formula is C18H26N2O3. The minimum Gasteiger partial charge on any atom is -0.480 e. The molecule has 0 saturated carbocycles. The van der Waals surface area contributed by atoms with Crippen LogP contribution in [0.5, 0.6) is 5.75 Å². The number of piperidine rings is 1. The molecule has 1 heterocycles. The van der Waals surface area contributed by atoms with Gasteiger partial charge < -0.3 is 15.4 Å². The van der Waals surface area contributed by atoms with Crippen LogP contribution in [0, 0.1) is 19.8 Å². The average molecular weight is 318 g/mol. The fourth-order valence-electron chi connectivity index (χ4n) is 2.90. The standard InChI is InChI=1S/C18H26N2O3/c1-4-15(23-16-7-5-6-12(2)13(16)3)18(22)20-10-8-14(9-11-20)17(19)21/h5-7,14-15H,4,8-11H2,1-3H3,(H2,19,21)/t15-/m1/s1. The molecule has 1 aliphatic heterocycles. The smallest absolute Gasteiger partial charge is 0.263 e. The lowest BCUT2D eigenvalue weighted by atomic mass is 9.96. The van der Waals surface area contributed by atoms with Gasteiger partial charge in [0.2, 0.25) is 5.91 Å². The second-order valence-corrected chi connectivity index (χ2v) is 6.21. The number of carbonyl (C=O) groups is 2. The maximum Gasteiger partial charge on any atom is 0.263 e. The number of ether oxygens (including phenoxy) is 1. The maximum atomic E-state index is 12.7. The van der Waals surface area contributed by atoms with Gasteiger partial charge in [-0.2, -0.15) is 0 Å². The Balaban J connectivity index is 2.02. The van der Waals surface area contributed by atoms with Crippen molar-refractivity contribution in [1.82, 2.24) is 4.90 Å². The van der Waals surface area contributed by atoms with Crippen LogP contribution in [-0.4, -0.2) is 35.9 Å². The van der Waals surface area contributed by atoms with Crippen LogP contribution < -0.4 is 10.5 Å². The zero-order chi connectivity index (χ0) is 17.0. The molecule has 0 radical (unpaired) electrons. The lowest BCUT2D eigenvalue weighted by molar-refractivity contribution is -0.141. The van der Waals surface area contributed by atoms with Crippen LogP contribution in [0.15, 0.2) is 18.2 Å². The summed E-state index contributed by atoms with van der Waals surface area (Å²) in [5, 5.41) is 0. The predicted molar refractivity (Wildman–Crippen MR) is 89.1 cm³/mol. The minimum absolute atomic E-state index is 0.00340.